The smallest absolute Gasteiger partial charge is 0.293 e. The molecule has 0 saturated carbocycles. The first-order chi connectivity index (χ1) is 11.3. The van der Waals surface area contributed by atoms with Crippen LogP contribution in [0.25, 0.3) is 0 Å². The Kier molecular flexibility index (Phi) is 5.82. The third kappa shape index (κ3) is 3.54. The minimum atomic E-state index is -3.71. The van der Waals surface area contributed by atoms with Crippen LogP contribution < -0.4 is 4.90 Å². The van der Waals surface area contributed by atoms with Crippen LogP contribution in [0.3, 0.4) is 0 Å². The molecule has 0 unspecified atom stereocenters. The molecule has 0 spiro atoms. The fourth-order valence-electron chi connectivity index (χ4n) is 3.22. The van der Waals surface area contributed by atoms with Crippen LogP contribution in [0.4, 0.5) is 11.4 Å². The van der Waals surface area contributed by atoms with Crippen molar-refractivity contribution in [3.63, 3.8) is 0 Å². The van der Waals surface area contributed by atoms with Crippen LogP contribution in [0, 0.1) is 10.1 Å². The standard InChI is InChI=1S/C16H25N3O4S/c1-4-17(5-2)24(22,23)14-9-10-15(16(12-14)19(20)21)18-11-7-6-8-13(18)3/h9-10,12-13H,4-8,11H2,1-3H3/t13-/m1/s1. The molecule has 1 fully saturated rings. The predicted octanol–water partition coefficient (Wildman–Crippen LogP) is 3.00. The summed E-state index contributed by atoms with van der Waals surface area (Å²) < 4.78 is 26.5. The Bertz CT molecular complexity index is 701. The van der Waals surface area contributed by atoms with E-state index in [2.05, 4.69) is 0 Å². The van der Waals surface area contributed by atoms with Crippen molar-refractivity contribution in [2.75, 3.05) is 24.5 Å². The van der Waals surface area contributed by atoms with Crippen LogP contribution in [0.15, 0.2) is 23.1 Å². The monoisotopic (exact) mass is 355 g/mol. The van der Waals surface area contributed by atoms with Crippen molar-refractivity contribution in [2.45, 2.75) is 51.0 Å². The topological polar surface area (TPSA) is 83.8 Å². The van der Waals surface area contributed by atoms with Crippen molar-refractivity contribution in [1.82, 2.24) is 4.31 Å². The van der Waals surface area contributed by atoms with Gasteiger partial charge < -0.3 is 4.90 Å². The summed E-state index contributed by atoms with van der Waals surface area (Å²) in [5.74, 6) is 0. The van der Waals surface area contributed by atoms with E-state index >= 15 is 0 Å². The molecule has 0 N–H and O–H groups in total. The average molecular weight is 355 g/mol. The molecule has 0 amide bonds. The van der Waals surface area contributed by atoms with Gasteiger partial charge in [-0.3, -0.25) is 10.1 Å². The summed E-state index contributed by atoms with van der Waals surface area (Å²) >= 11 is 0. The maximum absolute atomic E-state index is 12.6. The van der Waals surface area contributed by atoms with Gasteiger partial charge in [-0.1, -0.05) is 13.8 Å². The summed E-state index contributed by atoms with van der Waals surface area (Å²) in [6.07, 6.45) is 3.08. The highest BCUT2D eigenvalue weighted by molar-refractivity contribution is 7.89. The van der Waals surface area contributed by atoms with Crippen LogP contribution in [0.5, 0.6) is 0 Å². The highest BCUT2D eigenvalue weighted by Gasteiger charge is 2.29. The zero-order chi connectivity index (χ0) is 17.9. The molecule has 7 nitrogen and oxygen atoms in total. The van der Waals surface area contributed by atoms with E-state index in [0.29, 0.717) is 18.8 Å². The second kappa shape index (κ2) is 7.48. The number of hydrogen-bond acceptors (Lipinski definition) is 5. The highest BCUT2D eigenvalue weighted by atomic mass is 32.2. The molecular formula is C16H25N3O4S. The van der Waals surface area contributed by atoms with E-state index in [9.17, 15) is 18.5 Å². The van der Waals surface area contributed by atoms with Gasteiger partial charge in [-0.2, -0.15) is 4.31 Å². The molecule has 1 atom stereocenters. The molecule has 8 heteroatoms. The number of nitrogens with zero attached hydrogens (tertiary/aromatic N) is 3. The zero-order valence-corrected chi connectivity index (χ0v) is 15.3. The maximum atomic E-state index is 12.6. The number of nitro benzene ring substituents is 1. The number of hydrogen-bond donors (Lipinski definition) is 0. The first kappa shape index (κ1) is 18.7. The Balaban J connectivity index is 2.49. The highest BCUT2D eigenvalue weighted by Crippen LogP contribution is 2.35. The summed E-state index contributed by atoms with van der Waals surface area (Å²) in [5.41, 5.74) is 0.364. The summed E-state index contributed by atoms with van der Waals surface area (Å²) in [6.45, 7) is 6.96. The van der Waals surface area contributed by atoms with Gasteiger partial charge in [-0.15, -0.1) is 0 Å². The van der Waals surface area contributed by atoms with E-state index in [4.69, 9.17) is 0 Å². The van der Waals surface area contributed by atoms with Gasteiger partial charge in [0.1, 0.15) is 5.69 Å². The van der Waals surface area contributed by atoms with E-state index in [-0.39, 0.29) is 16.6 Å². The largest absolute Gasteiger partial charge is 0.363 e. The van der Waals surface area contributed by atoms with Crippen molar-refractivity contribution in [1.29, 1.82) is 0 Å². The molecule has 1 aliphatic heterocycles. The second-order valence-electron chi connectivity index (χ2n) is 6.04. The Labute approximate surface area is 143 Å². The minimum absolute atomic E-state index is 0.0219. The molecule has 2 rings (SSSR count). The van der Waals surface area contributed by atoms with Crippen molar-refractivity contribution >= 4 is 21.4 Å². The van der Waals surface area contributed by atoms with Crippen LogP contribution in [0.2, 0.25) is 0 Å². The quantitative estimate of drug-likeness (QED) is 0.578. The Hall–Kier alpha value is -1.67. The van der Waals surface area contributed by atoms with E-state index in [0.717, 1.165) is 25.8 Å². The lowest BCUT2D eigenvalue weighted by molar-refractivity contribution is -0.384. The summed E-state index contributed by atoms with van der Waals surface area (Å²) in [4.78, 5) is 13.0. The second-order valence-corrected chi connectivity index (χ2v) is 7.97. The number of sulfonamides is 1. The molecule has 1 aromatic carbocycles. The van der Waals surface area contributed by atoms with Gasteiger partial charge in [0, 0.05) is 31.7 Å². The molecule has 1 saturated heterocycles. The van der Waals surface area contributed by atoms with E-state index in [1.54, 1.807) is 19.9 Å². The lowest BCUT2D eigenvalue weighted by Gasteiger charge is -2.35. The normalized spacial score (nSPS) is 18.8. The fourth-order valence-corrected chi connectivity index (χ4v) is 4.70. The third-order valence-electron chi connectivity index (χ3n) is 4.60. The number of anilines is 1. The lowest BCUT2D eigenvalue weighted by Crippen LogP contribution is -2.37. The van der Waals surface area contributed by atoms with Gasteiger partial charge in [-0.05, 0) is 38.3 Å². The lowest BCUT2D eigenvalue weighted by atomic mass is 10.0. The Morgan fingerprint density at radius 1 is 1.29 bits per heavy atom. The molecule has 24 heavy (non-hydrogen) atoms. The van der Waals surface area contributed by atoms with E-state index in [1.165, 1.54) is 16.4 Å². The van der Waals surface area contributed by atoms with Gasteiger partial charge in [0.25, 0.3) is 5.69 Å². The molecule has 0 aliphatic carbocycles. The van der Waals surface area contributed by atoms with E-state index < -0.39 is 14.9 Å². The number of rotatable bonds is 6. The Morgan fingerprint density at radius 3 is 2.50 bits per heavy atom. The molecule has 0 aromatic heterocycles. The average Bonchev–Trinajstić information content (AvgIpc) is 2.55. The summed E-state index contributed by atoms with van der Waals surface area (Å²) in [5, 5.41) is 11.5. The maximum Gasteiger partial charge on any atom is 0.293 e. The molecule has 134 valence electrons. The van der Waals surface area contributed by atoms with Crippen LogP contribution in [0.1, 0.15) is 40.0 Å². The fraction of sp³-hybridized carbons (Fsp3) is 0.625. The summed E-state index contributed by atoms with van der Waals surface area (Å²) in [7, 11) is -3.71. The number of piperidine rings is 1. The number of benzene rings is 1. The minimum Gasteiger partial charge on any atom is -0.363 e. The SMILES string of the molecule is CCN(CC)S(=O)(=O)c1ccc(N2CCCC[C@H]2C)c([N+](=O)[O-])c1. The molecule has 1 aliphatic rings. The van der Waals surface area contributed by atoms with Crippen LogP contribution >= 0.6 is 0 Å². The molecule has 1 aromatic rings. The first-order valence-electron chi connectivity index (χ1n) is 8.38. The van der Waals surface area contributed by atoms with Gasteiger partial charge >= 0.3 is 0 Å². The van der Waals surface area contributed by atoms with Crippen LogP contribution in [-0.2, 0) is 10.0 Å². The molecule has 1 heterocycles. The Morgan fingerprint density at radius 2 is 1.96 bits per heavy atom. The van der Waals surface area contributed by atoms with E-state index in [1.807, 2.05) is 11.8 Å². The van der Waals surface area contributed by atoms with Crippen molar-refractivity contribution < 1.29 is 13.3 Å². The molecule has 0 bridgehead atoms. The molecule has 0 radical (unpaired) electrons. The summed E-state index contributed by atoms with van der Waals surface area (Å²) in [6, 6.07) is 4.47. The zero-order valence-electron chi connectivity index (χ0n) is 14.4. The van der Waals surface area contributed by atoms with Gasteiger partial charge in [0.2, 0.25) is 10.0 Å². The number of nitro groups is 1. The van der Waals surface area contributed by atoms with Gasteiger partial charge in [0.05, 0.1) is 9.82 Å². The van der Waals surface area contributed by atoms with Crippen molar-refractivity contribution in [2.24, 2.45) is 0 Å². The van der Waals surface area contributed by atoms with Gasteiger partial charge in [0.15, 0.2) is 0 Å². The van der Waals surface area contributed by atoms with Crippen molar-refractivity contribution in [3.8, 4) is 0 Å². The van der Waals surface area contributed by atoms with Crippen LogP contribution in [-0.4, -0.2) is 43.3 Å². The van der Waals surface area contributed by atoms with Crippen molar-refractivity contribution in [3.05, 3.63) is 28.3 Å². The predicted molar refractivity (Wildman–Crippen MR) is 93.9 cm³/mol. The van der Waals surface area contributed by atoms with Gasteiger partial charge in [-0.25, -0.2) is 8.42 Å². The molecular weight excluding hydrogens is 330 g/mol. The third-order valence-corrected chi connectivity index (χ3v) is 6.65. The first-order valence-corrected chi connectivity index (χ1v) is 9.82.